The quantitative estimate of drug-likeness (QED) is 0.683. The van der Waals surface area contributed by atoms with Crippen LogP contribution in [0.4, 0.5) is 11.6 Å². The Morgan fingerprint density at radius 1 is 1.00 bits per heavy atom. The molecule has 0 radical (unpaired) electrons. The minimum Gasteiger partial charge on any atom is -0.384 e. The molecular formula is C22H25N5O. The van der Waals surface area contributed by atoms with Crippen molar-refractivity contribution < 1.29 is 4.74 Å². The maximum Gasteiger partial charge on any atom is 0.150 e. The molecule has 144 valence electrons. The van der Waals surface area contributed by atoms with Crippen LogP contribution < -0.4 is 9.80 Å². The number of fused-ring (bicyclic) bond motifs is 1. The number of hydrogen-bond acceptors (Lipinski definition) is 6. The molecule has 0 saturated carbocycles. The fraction of sp³-hybridized carbons (Fsp3) is 0.409. The van der Waals surface area contributed by atoms with E-state index in [2.05, 4.69) is 45.1 Å². The van der Waals surface area contributed by atoms with Crippen molar-refractivity contribution in [1.82, 2.24) is 15.0 Å². The molecule has 0 N–H and O–H groups in total. The van der Waals surface area contributed by atoms with Crippen LogP contribution in [0.1, 0.15) is 18.0 Å². The number of nitrogens with zero attached hydrogens (tertiary/aromatic N) is 5. The van der Waals surface area contributed by atoms with Crippen molar-refractivity contribution in [2.24, 2.45) is 5.92 Å². The van der Waals surface area contributed by atoms with Crippen LogP contribution in [0.2, 0.25) is 0 Å². The van der Waals surface area contributed by atoms with Gasteiger partial charge >= 0.3 is 0 Å². The van der Waals surface area contributed by atoms with Crippen LogP contribution in [0.25, 0.3) is 10.9 Å². The van der Waals surface area contributed by atoms with Gasteiger partial charge in [0.15, 0.2) is 5.82 Å². The topological polar surface area (TPSA) is 54.4 Å². The highest BCUT2D eigenvalue weighted by molar-refractivity contribution is 5.80. The lowest BCUT2D eigenvalue weighted by molar-refractivity contribution is 0.161. The third-order valence-corrected chi connectivity index (χ3v) is 5.87. The molecular weight excluding hydrogens is 350 g/mol. The molecule has 0 bridgehead atoms. The van der Waals surface area contributed by atoms with Gasteiger partial charge in [0.2, 0.25) is 0 Å². The van der Waals surface area contributed by atoms with Gasteiger partial charge in [-0.3, -0.25) is 4.98 Å². The van der Waals surface area contributed by atoms with Crippen LogP contribution in [-0.4, -0.2) is 54.8 Å². The van der Waals surface area contributed by atoms with E-state index in [1.165, 1.54) is 5.39 Å². The van der Waals surface area contributed by atoms with Gasteiger partial charge in [-0.2, -0.15) is 0 Å². The summed E-state index contributed by atoms with van der Waals surface area (Å²) in [6.45, 7) is 4.72. The highest BCUT2D eigenvalue weighted by atomic mass is 16.5. The predicted molar refractivity (Wildman–Crippen MR) is 111 cm³/mol. The number of ether oxygens (including phenoxy) is 1. The lowest BCUT2D eigenvalue weighted by Crippen LogP contribution is -2.46. The summed E-state index contributed by atoms with van der Waals surface area (Å²) in [5, 5.41) is 1.18. The monoisotopic (exact) mass is 375 g/mol. The van der Waals surface area contributed by atoms with Crippen LogP contribution in [0.5, 0.6) is 0 Å². The van der Waals surface area contributed by atoms with E-state index in [-0.39, 0.29) is 0 Å². The number of hydrogen-bond donors (Lipinski definition) is 0. The fourth-order valence-electron chi connectivity index (χ4n) is 4.34. The van der Waals surface area contributed by atoms with Crippen molar-refractivity contribution in [3.63, 3.8) is 0 Å². The molecule has 2 saturated heterocycles. The number of aromatic nitrogens is 3. The van der Waals surface area contributed by atoms with E-state index in [4.69, 9.17) is 14.7 Å². The average molecular weight is 375 g/mol. The van der Waals surface area contributed by atoms with Gasteiger partial charge < -0.3 is 14.5 Å². The van der Waals surface area contributed by atoms with E-state index in [0.29, 0.717) is 11.8 Å². The van der Waals surface area contributed by atoms with Crippen LogP contribution >= 0.6 is 0 Å². The third kappa shape index (κ3) is 3.18. The van der Waals surface area contributed by atoms with E-state index in [1.807, 2.05) is 18.5 Å². The fourth-order valence-corrected chi connectivity index (χ4v) is 4.34. The standard InChI is InChI=1S/C22H25N5O/c1-28-15-16-8-11-26(12-16)22-21(23-9-10-24-22)18-13-27(14-18)20-7-6-17-4-2-3-5-19(17)25-20/h2-7,9-10,16,18H,8,11-15H2,1H3/t16-/m1/s1. The summed E-state index contributed by atoms with van der Waals surface area (Å²) in [6.07, 6.45) is 4.78. The second-order valence-electron chi connectivity index (χ2n) is 7.79. The van der Waals surface area contributed by atoms with Gasteiger partial charge in [-0.1, -0.05) is 18.2 Å². The van der Waals surface area contributed by atoms with Gasteiger partial charge in [-0.25, -0.2) is 9.97 Å². The second kappa shape index (κ2) is 7.36. The highest BCUT2D eigenvalue weighted by Crippen LogP contribution is 2.35. The van der Waals surface area contributed by atoms with Gasteiger partial charge in [0.05, 0.1) is 17.8 Å². The average Bonchev–Trinajstić information content (AvgIpc) is 3.16. The molecule has 0 aliphatic carbocycles. The Labute approximate surface area is 165 Å². The summed E-state index contributed by atoms with van der Waals surface area (Å²) in [4.78, 5) is 18.9. The van der Waals surface area contributed by atoms with Gasteiger partial charge in [0.25, 0.3) is 0 Å². The van der Waals surface area contributed by atoms with E-state index >= 15 is 0 Å². The van der Waals surface area contributed by atoms with Crippen LogP contribution in [0, 0.1) is 5.92 Å². The van der Waals surface area contributed by atoms with Crippen molar-refractivity contribution in [2.75, 3.05) is 49.7 Å². The second-order valence-corrected chi connectivity index (χ2v) is 7.79. The van der Waals surface area contributed by atoms with Gasteiger partial charge in [0, 0.05) is 62.9 Å². The summed E-state index contributed by atoms with van der Waals surface area (Å²) >= 11 is 0. The Morgan fingerprint density at radius 2 is 1.86 bits per heavy atom. The molecule has 0 spiro atoms. The maximum absolute atomic E-state index is 5.34. The van der Waals surface area contributed by atoms with E-state index in [1.54, 1.807) is 7.11 Å². The Morgan fingerprint density at radius 3 is 2.75 bits per heavy atom. The van der Waals surface area contributed by atoms with E-state index in [0.717, 1.165) is 62.1 Å². The zero-order valence-corrected chi connectivity index (χ0v) is 16.2. The van der Waals surface area contributed by atoms with Crippen molar-refractivity contribution in [2.45, 2.75) is 12.3 Å². The largest absolute Gasteiger partial charge is 0.384 e. The first kappa shape index (κ1) is 17.4. The summed E-state index contributed by atoms with van der Waals surface area (Å²) in [6, 6.07) is 12.5. The number of para-hydroxylation sites is 1. The zero-order chi connectivity index (χ0) is 18.9. The van der Waals surface area contributed by atoms with Crippen molar-refractivity contribution in [1.29, 1.82) is 0 Å². The van der Waals surface area contributed by atoms with Gasteiger partial charge in [0.1, 0.15) is 5.82 Å². The molecule has 6 nitrogen and oxygen atoms in total. The first-order valence-electron chi connectivity index (χ1n) is 9.97. The first-order chi connectivity index (χ1) is 13.8. The number of methoxy groups -OCH3 is 1. The van der Waals surface area contributed by atoms with Crippen molar-refractivity contribution in [3.8, 4) is 0 Å². The molecule has 6 heteroatoms. The molecule has 4 heterocycles. The molecule has 1 aromatic carbocycles. The molecule has 1 atom stereocenters. The van der Waals surface area contributed by atoms with Gasteiger partial charge in [-0.15, -0.1) is 0 Å². The summed E-state index contributed by atoms with van der Waals surface area (Å²) in [5.41, 5.74) is 2.17. The summed E-state index contributed by atoms with van der Waals surface area (Å²) < 4.78 is 5.34. The molecule has 2 aliphatic rings. The minimum absolute atomic E-state index is 0.401. The number of pyridine rings is 1. The SMILES string of the molecule is COC[C@@H]1CCN(c2nccnc2C2CN(c3ccc4ccccc4n3)C2)C1. The van der Waals surface area contributed by atoms with Crippen molar-refractivity contribution in [3.05, 3.63) is 54.5 Å². The summed E-state index contributed by atoms with van der Waals surface area (Å²) in [7, 11) is 1.78. The molecule has 0 unspecified atom stereocenters. The van der Waals surface area contributed by atoms with E-state index < -0.39 is 0 Å². The maximum atomic E-state index is 5.34. The Hall–Kier alpha value is -2.73. The molecule has 28 heavy (non-hydrogen) atoms. The number of rotatable bonds is 5. The number of anilines is 2. The highest BCUT2D eigenvalue weighted by Gasteiger charge is 2.35. The normalized spacial score (nSPS) is 20.0. The smallest absolute Gasteiger partial charge is 0.150 e. The molecule has 2 fully saturated rings. The van der Waals surface area contributed by atoms with Crippen LogP contribution in [-0.2, 0) is 4.74 Å². The predicted octanol–water partition coefficient (Wildman–Crippen LogP) is 3.10. The number of benzene rings is 1. The Kier molecular flexibility index (Phi) is 4.56. The van der Waals surface area contributed by atoms with Gasteiger partial charge in [-0.05, 0) is 24.6 Å². The summed E-state index contributed by atoms with van der Waals surface area (Å²) in [5.74, 6) is 3.08. The lowest BCUT2D eigenvalue weighted by Gasteiger charge is -2.40. The van der Waals surface area contributed by atoms with Crippen molar-refractivity contribution >= 4 is 22.5 Å². The Bertz CT molecular complexity index is 972. The molecule has 2 aromatic heterocycles. The Balaban J connectivity index is 1.31. The van der Waals surface area contributed by atoms with E-state index in [9.17, 15) is 0 Å². The minimum atomic E-state index is 0.401. The third-order valence-electron chi connectivity index (χ3n) is 5.87. The van der Waals surface area contributed by atoms with Crippen LogP contribution in [0.15, 0.2) is 48.8 Å². The molecule has 5 rings (SSSR count). The lowest BCUT2D eigenvalue weighted by atomic mass is 9.95. The molecule has 0 amide bonds. The van der Waals surface area contributed by atoms with Crippen LogP contribution in [0.3, 0.4) is 0 Å². The first-order valence-corrected chi connectivity index (χ1v) is 9.97. The molecule has 3 aromatic rings. The molecule has 2 aliphatic heterocycles. The zero-order valence-electron chi connectivity index (χ0n) is 16.2.